The second-order valence-corrected chi connectivity index (χ2v) is 7.46. The molecule has 1 N–H and O–H groups in total. The van der Waals surface area contributed by atoms with Crippen LogP contribution in [0.3, 0.4) is 0 Å². The molecular weight excluding hydrogens is 352 g/mol. The lowest BCUT2D eigenvalue weighted by Gasteiger charge is -2.30. The standard InChI is InChI=1S/C23H28N2O3/c26-23(19-9-4-5-11-21(19)25-13-15-27-16-14-25)24-20-10-6-12-22(20)28-17-18-7-2-1-3-8-18/h1-5,7-9,11,20,22H,6,10,12-17H2,(H,24,26). The van der Waals surface area contributed by atoms with Crippen LogP contribution in [0.5, 0.6) is 0 Å². The second kappa shape index (κ2) is 9.22. The molecule has 2 aromatic rings. The molecule has 148 valence electrons. The van der Waals surface area contributed by atoms with E-state index in [9.17, 15) is 4.79 Å². The molecule has 1 saturated heterocycles. The van der Waals surface area contributed by atoms with Gasteiger partial charge in [-0.25, -0.2) is 0 Å². The fourth-order valence-electron chi connectivity index (χ4n) is 4.06. The van der Waals surface area contributed by atoms with Crippen molar-refractivity contribution in [1.29, 1.82) is 0 Å². The maximum Gasteiger partial charge on any atom is 0.253 e. The van der Waals surface area contributed by atoms with Gasteiger partial charge < -0.3 is 19.7 Å². The van der Waals surface area contributed by atoms with E-state index in [-0.39, 0.29) is 18.1 Å². The highest BCUT2D eigenvalue weighted by molar-refractivity contribution is 6.00. The molecule has 5 nitrogen and oxygen atoms in total. The van der Waals surface area contributed by atoms with E-state index >= 15 is 0 Å². The van der Waals surface area contributed by atoms with E-state index in [0.29, 0.717) is 19.8 Å². The molecule has 2 fully saturated rings. The topological polar surface area (TPSA) is 50.8 Å². The third-order valence-corrected chi connectivity index (χ3v) is 5.58. The lowest BCUT2D eigenvalue weighted by Crippen LogP contribution is -2.42. The van der Waals surface area contributed by atoms with Crippen molar-refractivity contribution in [2.45, 2.75) is 38.0 Å². The van der Waals surface area contributed by atoms with Gasteiger partial charge in [0.25, 0.3) is 5.91 Å². The van der Waals surface area contributed by atoms with Crippen LogP contribution in [0.4, 0.5) is 5.69 Å². The first-order valence-corrected chi connectivity index (χ1v) is 10.2. The van der Waals surface area contributed by atoms with Crippen molar-refractivity contribution in [3.05, 3.63) is 65.7 Å². The third-order valence-electron chi connectivity index (χ3n) is 5.58. The number of nitrogens with one attached hydrogen (secondary N) is 1. The van der Waals surface area contributed by atoms with E-state index in [1.54, 1.807) is 0 Å². The van der Waals surface area contributed by atoms with Crippen molar-refractivity contribution in [2.75, 3.05) is 31.2 Å². The summed E-state index contributed by atoms with van der Waals surface area (Å²) in [5, 5.41) is 3.24. The normalized spacial score (nSPS) is 22.2. The van der Waals surface area contributed by atoms with Crippen LogP contribution in [0.25, 0.3) is 0 Å². The molecule has 1 aliphatic heterocycles. The summed E-state index contributed by atoms with van der Waals surface area (Å²) in [7, 11) is 0. The lowest BCUT2D eigenvalue weighted by molar-refractivity contribution is 0.0272. The van der Waals surface area contributed by atoms with E-state index < -0.39 is 0 Å². The van der Waals surface area contributed by atoms with Crippen LogP contribution in [-0.4, -0.2) is 44.4 Å². The highest BCUT2D eigenvalue weighted by Gasteiger charge is 2.30. The van der Waals surface area contributed by atoms with Crippen LogP contribution in [0, 0.1) is 0 Å². The summed E-state index contributed by atoms with van der Waals surface area (Å²) in [6, 6.07) is 18.1. The molecule has 2 atom stereocenters. The Labute approximate surface area is 166 Å². The number of carbonyl (C=O) groups is 1. The number of carbonyl (C=O) groups excluding carboxylic acids is 1. The highest BCUT2D eigenvalue weighted by atomic mass is 16.5. The molecule has 0 radical (unpaired) electrons. The van der Waals surface area contributed by atoms with Crippen LogP contribution >= 0.6 is 0 Å². The third kappa shape index (κ3) is 4.54. The molecular formula is C23H28N2O3. The van der Waals surface area contributed by atoms with Crippen molar-refractivity contribution in [1.82, 2.24) is 5.32 Å². The Morgan fingerprint density at radius 2 is 1.79 bits per heavy atom. The number of amides is 1. The van der Waals surface area contributed by atoms with E-state index in [0.717, 1.165) is 49.2 Å². The van der Waals surface area contributed by atoms with Crippen molar-refractivity contribution in [3.8, 4) is 0 Å². The van der Waals surface area contributed by atoms with Crippen molar-refractivity contribution >= 4 is 11.6 Å². The van der Waals surface area contributed by atoms with Gasteiger partial charge in [-0.1, -0.05) is 42.5 Å². The van der Waals surface area contributed by atoms with Crippen molar-refractivity contribution < 1.29 is 14.3 Å². The smallest absolute Gasteiger partial charge is 0.253 e. The summed E-state index contributed by atoms with van der Waals surface area (Å²) in [6.45, 7) is 3.62. The van der Waals surface area contributed by atoms with Crippen LogP contribution in [0.15, 0.2) is 54.6 Å². The van der Waals surface area contributed by atoms with E-state index in [4.69, 9.17) is 9.47 Å². The molecule has 2 aromatic carbocycles. The number of ether oxygens (including phenoxy) is 2. The molecule has 2 unspecified atom stereocenters. The van der Waals surface area contributed by atoms with Gasteiger partial charge in [-0.2, -0.15) is 0 Å². The predicted octanol–water partition coefficient (Wildman–Crippen LogP) is 3.39. The van der Waals surface area contributed by atoms with Crippen LogP contribution < -0.4 is 10.2 Å². The molecule has 1 aliphatic carbocycles. The zero-order chi connectivity index (χ0) is 19.2. The first-order valence-electron chi connectivity index (χ1n) is 10.2. The molecule has 2 aliphatic rings. The molecule has 0 aromatic heterocycles. The molecule has 0 bridgehead atoms. The minimum atomic E-state index is -0.0118. The maximum atomic E-state index is 13.1. The molecule has 28 heavy (non-hydrogen) atoms. The largest absolute Gasteiger partial charge is 0.378 e. The number of hydrogen-bond donors (Lipinski definition) is 1. The second-order valence-electron chi connectivity index (χ2n) is 7.46. The number of anilines is 1. The van der Waals surface area contributed by atoms with Gasteiger partial charge in [-0.15, -0.1) is 0 Å². The van der Waals surface area contributed by atoms with Gasteiger partial charge in [0.05, 0.1) is 37.5 Å². The van der Waals surface area contributed by atoms with Gasteiger partial charge in [0.15, 0.2) is 0 Å². The Balaban J connectivity index is 1.40. The first-order chi connectivity index (χ1) is 13.8. The number of para-hydroxylation sites is 1. The molecule has 1 saturated carbocycles. The average molecular weight is 380 g/mol. The Hall–Kier alpha value is -2.37. The molecule has 5 heteroatoms. The van der Waals surface area contributed by atoms with Gasteiger partial charge in [0, 0.05) is 18.8 Å². The zero-order valence-corrected chi connectivity index (χ0v) is 16.2. The summed E-state index contributed by atoms with van der Waals surface area (Å²) in [4.78, 5) is 15.3. The molecule has 4 rings (SSSR count). The van der Waals surface area contributed by atoms with E-state index in [1.165, 1.54) is 0 Å². The summed E-state index contributed by atoms with van der Waals surface area (Å²) >= 11 is 0. The number of rotatable bonds is 6. The van der Waals surface area contributed by atoms with Crippen molar-refractivity contribution in [2.24, 2.45) is 0 Å². The van der Waals surface area contributed by atoms with Crippen LogP contribution in [0.1, 0.15) is 35.2 Å². The zero-order valence-electron chi connectivity index (χ0n) is 16.2. The predicted molar refractivity (Wildman–Crippen MR) is 110 cm³/mol. The Kier molecular flexibility index (Phi) is 6.24. The minimum absolute atomic E-state index is 0.0118. The number of nitrogens with zero attached hydrogens (tertiary/aromatic N) is 1. The van der Waals surface area contributed by atoms with Crippen molar-refractivity contribution in [3.63, 3.8) is 0 Å². The monoisotopic (exact) mass is 380 g/mol. The molecule has 1 amide bonds. The fourth-order valence-corrected chi connectivity index (χ4v) is 4.06. The Morgan fingerprint density at radius 3 is 2.61 bits per heavy atom. The van der Waals surface area contributed by atoms with Gasteiger partial charge in [-0.3, -0.25) is 4.79 Å². The number of benzene rings is 2. The first kappa shape index (κ1) is 19.0. The molecule has 1 heterocycles. The summed E-state index contributed by atoms with van der Waals surface area (Å²) in [5.74, 6) is -0.0118. The maximum absolute atomic E-state index is 13.1. The fraction of sp³-hybridized carbons (Fsp3) is 0.435. The van der Waals surface area contributed by atoms with Crippen LogP contribution in [0.2, 0.25) is 0 Å². The quantitative estimate of drug-likeness (QED) is 0.835. The van der Waals surface area contributed by atoms with Gasteiger partial charge in [-0.05, 0) is 37.0 Å². The Morgan fingerprint density at radius 1 is 1.04 bits per heavy atom. The Bertz CT molecular complexity index is 774. The van der Waals surface area contributed by atoms with Gasteiger partial charge in [0.1, 0.15) is 0 Å². The van der Waals surface area contributed by atoms with Crippen LogP contribution in [-0.2, 0) is 16.1 Å². The lowest BCUT2D eigenvalue weighted by atomic mass is 10.1. The molecule has 0 spiro atoms. The number of hydrogen-bond acceptors (Lipinski definition) is 4. The average Bonchev–Trinajstić information content (AvgIpc) is 3.20. The summed E-state index contributed by atoms with van der Waals surface area (Å²) in [5.41, 5.74) is 2.89. The highest BCUT2D eigenvalue weighted by Crippen LogP contribution is 2.26. The summed E-state index contributed by atoms with van der Waals surface area (Å²) in [6.07, 6.45) is 3.10. The SMILES string of the molecule is O=C(NC1CCCC1OCc1ccccc1)c1ccccc1N1CCOCC1. The van der Waals surface area contributed by atoms with E-state index in [1.807, 2.05) is 42.5 Å². The number of morpholine rings is 1. The van der Waals surface area contributed by atoms with E-state index in [2.05, 4.69) is 22.3 Å². The van der Waals surface area contributed by atoms with Gasteiger partial charge in [0.2, 0.25) is 0 Å². The minimum Gasteiger partial charge on any atom is -0.378 e. The van der Waals surface area contributed by atoms with Gasteiger partial charge >= 0.3 is 0 Å². The summed E-state index contributed by atoms with van der Waals surface area (Å²) < 4.78 is 11.6.